The maximum atomic E-state index is 13.3. The van der Waals surface area contributed by atoms with Crippen molar-refractivity contribution < 1.29 is 4.39 Å². The third-order valence-electron chi connectivity index (χ3n) is 3.79. The minimum absolute atomic E-state index is 0.113. The molecule has 1 fully saturated rings. The normalized spacial score (nSPS) is 16.3. The van der Waals surface area contributed by atoms with Crippen LogP contribution in [-0.2, 0) is 6.42 Å². The maximum absolute atomic E-state index is 13.3. The molecule has 1 aromatic carbocycles. The summed E-state index contributed by atoms with van der Waals surface area (Å²) in [5.74, 6) is 2.97. The fraction of sp³-hybridized carbons (Fsp3) is 0.647. The van der Waals surface area contributed by atoms with Crippen molar-refractivity contribution in [3.8, 4) is 0 Å². The van der Waals surface area contributed by atoms with Crippen molar-refractivity contribution in [2.45, 2.75) is 45.1 Å². The Kier molecular flexibility index (Phi) is 6.88. The van der Waals surface area contributed by atoms with E-state index in [1.165, 1.54) is 43.3 Å². The van der Waals surface area contributed by atoms with Gasteiger partial charge >= 0.3 is 0 Å². The SMILES string of the molecule is CCSCCCC(CNC1CC1)Cc1cccc(F)c1. The molecule has 1 nitrogen and oxygen atoms in total. The van der Waals surface area contributed by atoms with Crippen LogP contribution in [-0.4, -0.2) is 24.1 Å². The van der Waals surface area contributed by atoms with Crippen LogP contribution in [0.5, 0.6) is 0 Å². The number of nitrogens with one attached hydrogen (secondary N) is 1. The van der Waals surface area contributed by atoms with E-state index < -0.39 is 0 Å². The molecule has 1 N–H and O–H groups in total. The van der Waals surface area contributed by atoms with E-state index in [2.05, 4.69) is 12.2 Å². The molecule has 0 bridgehead atoms. The Morgan fingerprint density at radius 2 is 2.25 bits per heavy atom. The van der Waals surface area contributed by atoms with Crippen LogP contribution >= 0.6 is 11.8 Å². The van der Waals surface area contributed by atoms with Gasteiger partial charge in [-0.2, -0.15) is 11.8 Å². The highest BCUT2D eigenvalue weighted by Crippen LogP contribution is 2.21. The fourth-order valence-electron chi connectivity index (χ4n) is 2.51. The minimum atomic E-state index is -0.113. The van der Waals surface area contributed by atoms with Crippen molar-refractivity contribution in [1.29, 1.82) is 0 Å². The van der Waals surface area contributed by atoms with Gasteiger partial charge in [-0.25, -0.2) is 4.39 Å². The van der Waals surface area contributed by atoms with E-state index in [-0.39, 0.29) is 5.82 Å². The van der Waals surface area contributed by atoms with Crippen molar-refractivity contribution in [1.82, 2.24) is 5.32 Å². The maximum Gasteiger partial charge on any atom is 0.123 e. The van der Waals surface area contributed by atoms with Crippen molar-refractivity contribution >= 4 is 11.8 Å². The zero-order valence-electron chi connectivity index (χ0n) is 12.4. The van der Waals surface area contributed by atoms with Gasteiger partial charge in [-0.15, -0.1) is 0 Å². The zero-order chi connectivity index (χ0) is 14.2. The Morgan fingerprint density at radius 3 is 2.95 bits per heavy atom. The molecule has 1 aromatic rings. The molecule has 1 saturated carbocycles. The standard InChI is InChI=1S/C17H26FNS/c1-2-20-10-4-6-15(13-19-17-8-9-17)11-14-5-3-7-16(18)12-14/h3,5,7,12,15,17,19H,2,4,6,8-11,13H2,1H3. The van der Waals surface area contributed by atoms with Crippen LogP contribution in [0.3, 0.4) is 0 Å². The van der Waals surface area contributed by atoms with Gasteiger partial charge in [0.15, 0.2) is 0 Å². The molecule has 0 amide bonds. The summed E-state index contributed by atoms with van der Waals surface area (Å²) in [7, 11) is 0. The van der Waals surface area contributed by atoms with Gasteiger partial charge in [-0.1, -0.05) is 19.1 Å². The molecule has 1 aliphatic carbocycles. The van der Waals surface area contributed by atoms with Crippen LogP contribution < -0.4 is 5.32 Å². The topological polar surface area (TPSA) is 12.0 Å². The molecular formula is C17H26FNS. The quantitative estimate of drug-likeness (QED) is 0.647. The number of hydrogen-bond donors (Lipinski definition) is 1. The Morgan fingerprint density at radius 1 is 1.40 bits per heavy atom. The second-order valence-electron chi connectivity index (χ2n) is 5.72. The van der Waals surface area contributed by atoms with E-state index in [0.717, 1.165) is 24.6 Å². The molecular weight excluding hydrogens is 269 g/mol. The van der Waals surface area contributed by atoms with E-state index in [1.807, 2.05) is 23.9 Å². The van der Waals surface area contributed by atoms with E-state index in [9.17, 15) is 4.39 Å². The molecule has 1 unspecified atom stereocenters. The number of thioether (sulfide) groups is 1. The summed E-state index contributed by atoms with van der Waals surface area (Å²) in [6.07, 6.45) is 6.17. The monoisotopic (exact) mass is 295 g/mol. The first-order chi connectivity index (χ1) is 9.78. The smallest absolute Gasteiger partial charge is 0.123 e. The highest BCUT2D eigenvalue weighted by molar-refractivity contribution is 7.99. The molecule has 2 rings (SSSR count). The molecule has 0 heterocycles. The minimum Gasteiger partial charge on any atom is -0.314 e. The van der Waals surface area contributed by atoms with Gasteiger partial charge in [-0.05, 0) is 73.8 Å². The lowest BCUT2D eigenvalue weighted by molar-refractivity contribution is 0.438. The first-order valence-corrected chi connectivity index (χ1v) is 8.99. The van der Waals surface area contributed by atoms with Crippen LogP contribution in [0.1, 0.15) is 38.2 Å². The average molecular weight is 295 g/mol. The third-order valence-corrected chi connectivity index (χ3v) is 4.78. The lowest BCUT2D eigenvalue weighted by Crippen LogP contribution is -2.26. The molecule has 112 valence electrons. The molecule has 0 radical (unpaired) electrons. The predicted molar refractivity (Wildman–Crippen MR) is 86.9 cm³/mol. The largest absolute Gasteiger partial charge is 0.314 e. The summed E-state index contributed by atoms with van der Waals surface area (Å²) in [4.78, 5) is 0. The van der Waals surface area contributed by atoms with Crippen LogP contribution in [0.2, 0.25) is 0 Å². The van der Waals surface area contributed by atoms with E-state index >= 15 is 0 Å². The van der Waals surface area contributed by atoms with Crippen molar-refractivity contribution in [3.05, 3.63) is 35.6 Å². The molecule has 0 spiro atoms. The average Bonchev–Trinajstić information content (AvgIpc) is 3.25. The highest BCUT2D eigenvalue weighted by Gasteiger charge is 2.21. The van der Waals surface area contributed by atoms with E-state index in [4.69, 9.17) is 0 Å². The van der Waals surface area contributed by atoms with Gasteiger partial charge in [-0.3, -0.25) is 0 Å². The molecule has 0 aromatic heterocycles. The zero-order valence-corrected chi connectivity index (χ0v) is 13.2. The van der Waals surface area contributed by atoms with Gasteiger partial charge in [0.1, 0.15) is 5.82 Å². The Labute approximate surface area is 126 Å². The van der Waals surface area contributed by atoms with Crippen LogP contribution in [0.25, 0.3) is 0 Å². The molecule has 1 aliphatic rings. The first kappa shape index (κ1) is 15.8. The second-order valence-corrected chi connectivity index (χ2v) is 7.12. The van der Waals surface area contributed by atoms with Gasteiger partial charge in [0.05, 0.1) is 0 Å². The van der Waals surface area contributed by atoms with Gasteiger partial charge in [0.25, 0.3) is 0 Å². The summed E-state index contributed by atoms with van der Waals surface area (Å²) in [6.45, 7) is 3.29. The number of halogens is 1. The van der Waals surface area contributed by atoms with Gasteiger partial charge in [0, 0.05) is 6.04 Å². The van der Waals surface area contributed by atoms with Crippen LogP contribution in [0.15, 0.2) is 24.3 Å². The third kappa shape index (κ3) is 6.27. The number of hydrogen-bond acceptors (Lipinski definition) is 2. The van der Waals surface area contributed by atoms with E-state index in [0.29, 0.717) is 5.92 Å². The molecule has 3 heteroatoms. The summed E-state index contributed by atoms with van der Waals surface area (Å²) in [6, 6.07) is 7.84. The Bertz CT molecular complexity index is 392. The van der Waals surface area contributed by atoms with Crippen molar-refractivity contribution in [3.63, 3.8) is 0 Å². The predicted octanol–water partition coefficient (Wildman–Crippen LogP) is 4.27. The van der Waals surface area contributed by atoms with Crippen molar-refractivity contribution in [2.75, 3.05) is 18.1 Å². The molecule has 1 atom stereocenters. The molecule has 20 heavy (non-hydrogen) atoms. The summed E-state index contributed by atoms with van der Waals surface area (Å²) >= 11 is 2.02. The number of benzene rings is 1. The Hall–Kier alpha value is -0.540. The van der Waals surface area contributed by atoms with Gasteiger partial charge < -0.3 is 5.32 Å². The molecule has 0 saturated heterocycles. The fourth-order valence-corrected chi connectivity index (χ4v) is 3.17. The summed E-state index contributed by atoms with van der Waals surface area (Å²) in [5, 5.41) is 3.63. The number of rotatable bonds is 10. The van der Waals surface area contributed by atoms with E-state index in [1.54, 1.807) is 6.07 Å². The highest BCUT2D eigenvalue weighted by atomic mass is 32.2. The van der Waals surface area contributed by atoms with Crippen molar-refractivity contribution in [2.24, 2.45) is 5.92 Å². The van der Waals surface area contributed by atoms with Crippen LogP contribution in [0, 0.1) is 11.7 Å². The Balaban J connectivity index is 1.80. The molecule has 0 aliphatic heterocycles. The second kappa shape index (κ2) is 8.68. The lowest BCUT2D eigenvalue weighted by Gasteiger charge is -2.18. The first-order valence-electron chi connectivity index (χ1n) is 7.83. The summed E-state index contributed by atoms with van der Waals surface area (Å²) in [5.41, 5.74) is 1.13. The summed E-state index contributed by atoms with van der Waals surface area (Å²) < 4.78 is 13.3. The van der Waals surface area contributed by atoms with Gasteiger partial charge in [0.2, 0.25) is 0 Å². The lowest BCUT2D eigenvalue weighted by atomic mass is 9.95. The van der Waals surface area contributed by atoms with Crippen LogP contribution in [0.4, 0.5) is 4.39 Å².